The van der Waals surface area contributed by atoms with Gasteiger partial charge in [0.15, 0.2) is 0 Å². The Bertz CT molecular complexity index is 231. The summed E-state index contributed by atoms with van der Waals surface area (Å²) in [7, 11) is 0. The summed E-state index contributed by atoms with van der Waals surface area (Å²) in [6.07, 6.45) is 13.6. The van der Waals surface area contributed by atoms with E-state index in [2.05, 4.69) is 19.6 Å². The van der Waals surface area contributed by atoms with E-state index in [0.29, 0.717) is 0 Å². The topological polar surface area (TPSA) is 26.3 Å². The third-order valence-electron chi connectivity index (χ3n) is 2.64. The maximum Gasteiger partial charge on any atom is 0.302 e. The zero-order valence-corrected chi connectivity index (χ0v) is 11.3. The van der Waals surface area contributed by atoms with Crippen molar-refractivity contribution in [2.75, 3.05) is 0 Å². The maximum absolute atomic E-state index is 11.0. The summed E-state index contributed by atoms with van der Waals surface area (Å²) in [5.74, 6) is -0.168. The van der Waals surface area contributed by atoms with Crippen LogP contribution >= 0.6 is 0 Å². The van der Waals surface area contributed by atoms with Crippen molar-refractivity contribution in [3.8, 4) is 0 Å². The molecule has 2 heteroatoms. The average molecular weight is 238 g/mol. The number of carbonyl (C=O) groups is 1. The van der Waals surface area contributed by atoms with E-state index in [1.165, 1.54) is 26.2 Å². The van der Waals surface area contributed by atoms with Crippen LogP contribution in [0, 0.1) is 0 Å². The molecule has 2 nitrogen and oxygen atoms in total. The van der Waals surface area contributed by atoms with Gasteiger partial charge in [0, 0.05) is 6.92 Å². The molecular formula is C15H26O2. The molecule has 0 fully saturated rings. The lowest BCUT2D eigenvalue weighted by molar-refractivity contribution is -0.146. The molecule has 0 radical (unpaired) electrons. The molecule has 0 aliphatic carbocycles. The zero-order valence-electron chi connectivity index (χ0n) is 11.3. The molecule has 0 amide bonds. The lowest BCUT2D eigenvalue weighted by Crippen LogP contribution is -2.16. The summed E-state index contributed by atoms with van der Waals surface area (Å²) in [6.45, 7) is 7.31. The number of allylic oxidation sites excluding steroid dienone is 3. The summed E-state index contributed by atoms with van der Waals surface area (Å²) >= 11 is 0. The first kappa shape index (κ1) is 16.0. The number of hydrogen-bond donors (Lipinski definition) is 0. The van der Waals surface area contributed by atoms with Gasteiger partial charge in [-0.2, -0.15) is 0 Å². The molecule has 0 aromatic rings. The van der Waals surface area contributed by atoms with Crippen LogP contribution < -0.4 is 0 Å². The van der Waals surface area contributed by atoms with Gasteiger partial charge >= 0.3 is 5.97 Å². The van der Waals surface area contributed by atoms with Crippen molar-refractivity contribution in [1.29, 1.82) is 0 Å². The van der Waals surface area contributed by atoms with Crippen LogP contribution in [0.4, 0.5) is 0 Å². The van der Waals surface area contributed by atoms with Gasteiger partial charge in [0.25, 0.3) is 0 Å². The summed E-state index contributed by atoms with van der Waals surface area (Å²) in [4.78, 5) is 11.0. The Balaban J connectivity index is 3.83. The predicted octanol–water partition coefficient (Wildman–Crippen LogP) is 4.41. The minimum Gasteiger partial charge on any atom is -0.463 e. The van der Waals surface area contributed by atoms with Gasteiger partial charge in [-0.3, -0.25) is 4.79 Å². The monoisotopic (exact) mass is 238 g/mol. The molecule has 98 valence electrons. The summed E-state index contributed by atoms with van der Waals surface area (Å²) in [6, 6.07) is 0. The van der Waals surface area contributed by atoms with Crippen LogP contribution in [0.15, 0.2) is 24.8 Å². The van der Waals surface area contributed by atoms with E-state index in [1.807, 2.05) is 6.08 Å². The Kier molecular flexibility index (Phi) is 10.7. The van der Waals surface area contributed by atoms with E-state index in [0.717, 1.165) is 25.7 Å². The Morgan fingerprint density at radius 2 is 2.06 bits per heavy atom. The van der Waals surface area contributed by atoms with Crippen molar-refractivity contribution < 1.29 is 9.53 Å². The van der Waals surface area contributed by atoms with Crippen LogP contribution in [0.25, 0.3) is 0 Å². The number of esters is 1. The highest BCUT2D eigenvalue weighted by Crippen LogP contribution is 2.13. The normalized spacial score (nSPS) is 12.6. The fraction of sp³-hybridized carbons (Fsp3) is 0.667. The minimum atomic E-state index is -0.168. The van der Waals surface area contributed by atoms with Crippen molar-refractivity contribution in [2.24, 2.45) is 0 Å². The van der Waals surface area contributed by atoms with E-state index >= 15 is 0 Å². The van der Waals surface area contributed by atoms with Crippen molar-refractivity contribution in [1.82, 2.24) is 0 Å². The first-order chi connectivity index (χ1) is 8.20. The van der Waals surface area contributed by atoms with Crippen LogP contribution in [0.1, 0.15) is 58.8 Å². The van der Waals surface area contributed by atoms with Crippen LogP contribution in [-0.4, -0.2) is 12.1 Å². The molecule has 0 saturated heterocycles. The predicted molar refractivity (Wildman–Crippen MR) is 72.9 cm³/mol. The Morgan fingerprint density at radius 3 is 2.65 bits per heavy atom. The molecular weight excluding hydrogens is 212 g/mol. The zero-order chi connectivity index (χ0) is 12.9. The highest BCUT2D eigenvalue weighted by Gasteiger charge is 2.10. The Morgan fingerprint density at radius 1 is 1.29 bits per heavy atom. The van der Waals surface area contributed by atoms with Gasteiger partial charge in [-0.25, -0.2) is 0 Å². The first-order valence-corrected chi connectivity index (χ1v) is 6.65. The van der Waals surface area contributed by atoms with Crippen LogP contribution in [-0.2, 0) is 9.53 Å². The molecule has 0 aromatic carbocycles. The SMILES string of the molecule is C=CC=CCCC(CCCCCC)OC(C)=O. The lowest BCUT2D eigenvalue weighted by Gasteiger charge is -2.16. The van der Waals surface area contributed by atoms with Crippen LogP contribution in [0.5, 0.6) is 0 Å². The molecule has 0 rings (SSSR count). The summed E-state index contributed by atoms with van der Waals surface area (Å²) in [5.41, 5.74) is 0. The van der Waals surface area contributed by atoms with Crippen LogP contribution in [0.2, 0.25) is 0 Å². The molecule has 17 heavy (non-hydrogen) atoms. The van der Waals surface area contributed by atoms with Crippen molar-refractivity contribution in [3.05, 3.63) is 24.8 Å². The fourth-order valence-corrected chi connectivity index (χ4v) is 1.77. The number of unbranched alkanes of at least 4 members (excludes halogenated alkanes) is 3. The molecule has 0 spiro atoms. The standard InChI is InChI=1S/C15H26O2/c1-4-6-8-10-12-15(17-14(3)16)13-11-9-7-5-2/h4,6,8,15H,1,5,7,9-13H2,2-3H3. The highest BCUT2D eigenvalue weighted by molar-refractivity contribution is 5.66. The number of hydrogen-bond acceptors (Lipinski definition) is 2. The highest BCUT2D eigenvalue weighted by atomic mass is 16.5. The van der Waals surface area contributed by atoms with Gasteiger partial charge in [-0.1, -0.05) is 51.0 Å². The van der Waals surface area contributed by atoms with Crippen molar-refractivity contribution in [2.45, 2.75) is 64.9 Å². The third-order valence-corrected chi connectivity index (χ3v) is 2.64. The average Bonchev–Trinajstić information content (AvgIpc) is 2.29. The van der Waals surface area contributed by atoms with E-state index < -0.39 is 0 Å². The van der Waals surface area contributed by atoms with E-state index in [9.17, 15) is 4.79 Å². The first-order valence-electron chi connectivity index (χ1n) is 6.65. The second-order valence-corrected chi connectivity index (χ2v) is 4.32. The van der Waals surface area contributed by atoms with Crippen LogP contribution in [0.3, 0.4) is 0 Å². The van der Waals surface area contributed by atoms with Gasteiger partial charge in [-0.15, -0.1) is 0 Å². The van der Waals surface area contributed by atoms with Gasteiger partial charge < -0.3 is 4.74 Å². The lowest BCUT2D eigenvalue weighted by atomic mass is 10.1. The molecule has 0 aliphatic rings. The summed E-state index contributed by atoms with van der Waals surface area (Å²) in [5, 5.41) is 0. The number of ether oxygens (including phenoxy) is 1. The summed E-state index contributed by atoms with van der Waals surface area (Å²) < 4.78 is 5.31. The van der Waals surface area contributed by atoms with Crippen molar-refractivity contribution >= 4 is 5.97 Å². The number of carbonyl (C=O) groups excluding carboxylic acids is 1. The van der Waals surface area contributed by atoms with E-state index in [1.54, 1.807) is 6.08 Å². The Labute approximate surface area is 106 Å². The maximum atomic E-state index is 11.0. The molecule has 1 atom stereocenters. The van der Waals surface area contributed by atoms with E-state index in [4.69, 9.17) is 4.74 Å². The third kappa shape index (κ3) is 11.2. The second kappa shape index (κ2) is 11.4. The quantitative estimate of drug-likeness (QED) is 0.320. The number of rotatable bonds is 10. The molecule has 0 aliphatic heterocycles. The fourth-order valence-electron chi connectivity index (χ4n) is 1.77. The smallest absolute Gasteiger partial charge is 0.302 e. The molecule has 0 N–H and O–H groups in total. The molecule has 0 bridgehead atoms. The Hall–Kier alpha value is -1.05. The van der Waals surface area contributed by atoms with Gasteiger partial charge in [0.1, 0.15) is 6.10 Å². The van der Waals surface area contributed by atoms with E-state index in [-0.39, 0.29) is 12.1 Å². The van der Waals surface area contributed by atoms with Crippen molar-refractivity contribution in [3.63, 3.8) is 0 Å². The molecule has 1 unspecified atom stereocenters. The minimum absolute atomic E-state index is 0.0822. The second-order valence-electron chi connectivity index (χ2n) is 4.32. The molecule has 0 heterocycles. The molecule has 0 aromatic heterocycles. The van der Waals surface area contributed by atoms with Gasteiger partial charge in [0.2, 0.25) is 0 Å². The molecule has 0 saturated carbocycles. The van der Waals surface area contributed by atoms with Gasteiger partial charge in [-0.05, 0) is 25.7 Å². The van der Waals surface area contributed by atoms with Gasteiger partial charge in [0.05, 0.1) is 0 Å². The largest absolute Gasteiger partial charge is 0.463 e.